The van der Waals surface area contributed by atoms with Crippen LogP contribution in [0.5, 0.6) is 0 Å². The predicted octanol–water partition coefficient (Wildman–Crippen LogP) is 5.49. The highest BCUT2D eigenvalue weighted by molar-refractivity contribution is 6.21. The molecule has 0 aliphatic rings. The van der Waals surface area contributed by atoms with Crippen molar-refractivity contribution in [2.24, 2.45) is 4.99 Å². The van der Waals surface area contributed by atoms with Crippen LogP contribution in [-0.2, 0) is 6.54 Å². The molecule has 6 heteroatoms. The molecule has 1 N–H and O–H groups in total. The highest BCUT2D eigenvalue weighted by Crippen LogP contribution is 2.08. The molecule has 0 spiro atoms. The quantitative estimate of drug-likeness (QED) is 0.252. The molecule has 1 heterocycles. The zero-order valence-electron chi connectivity index (χ0n) is 20.3. The zero-order chi connectivity index (χ0) is 22.8. The average Bonchev–Trinajstić information content (AvgIpc) is 2.75. The van der Waals surface area contributed by atoms with Crippen LogP contribution in [0.1, 0.15) is 61.3 Å². The maximum Gasteiger partial charge on any atom is 0.146 e. The molecule has 1 atom stereocenters. The highest BCUT2D eigenvalue weighted by atomic mass is 35.5. The number of anilines is 1. The smallest absolute Gasteiger partial charge is 0.146 e. The van der Waals surface area contributed by atoms with Crippen molar-refractivity contribution >= 4 is 17.4 Å². The Morgan fingerprint density at radius 1 is 1.23 bits per heavy atom. The van der Waals surface area contributed by atoms with Gasteiger partial charge in [0.1, 0.15) is 11.3 Å². The predicted molar refractivity (Wildman–Crippen MR) is 133 cm³/mol. The fourth-order valence-corrected chi connectivity index (χ4v) is 3.08. The van der Waals surface area contributed by atoms with Gasteiger partial charge in [0.15, 0.2) is 0 Å². The first-order valence-corrected chi connectivity index (χ1v) is 12.0. The van der Waals surface area contributed by atoms with Gasteiger partial charge in [-0.05, 0) is 64.0 Å². The van der Waals surface area contributed by atoms with Crippen LogP contribution in [0.3, 0.4) is 0 Å². The summed E-state index contributed by atoms with van der Waals surface area (Å²) in [6, 6.07) is 4.05. The number of nitrogens with zero attached hydrogens (tertiary/aromatic N) is 4. The van der Waals surface area contributed by atoms with Crippen LogP contribution in [-0.4, -0.2) is 52.8 Å². The molecule has 0 aromatic carbocycles. The normalized spacial score (nSPS) is 13.5. The van der Waals surface area contributed by atoms with Gasteiger partial charge in [-0.2, -0.15) is 5.10 Å². The van der Waals surface area contributed by atoms with Crippen molar-refractivity contribution in [2.75, 3.05) is 38.0 Å². The molecule has 0 aliphatic heterocycles. The minimum absolute atomic E-state index is 0.0231. The van der Waals surface area contributed by atoms with Gasteiger partial charge in [-0.3, -0.25) is 4.99 Å². The van der Waals surface area contributed by atoms with Gasteiger partial charge < -0.3 is 10.2 Å². The summed E-state index contributed by atoms with van der Waals surface area (Å²) in [5.41, 5.74) is 2.03. The van der Waals surface area contributed by atoms with E-state index in [1.54, 1.807) is 0 Å². The molecule has 0 saturated heterocycles. The summed E-state index contributed by atoms with van der Waals surface area (Å²) < 4.78 is 1.96. The van der Waals surface area contributed by atoms with E-state index in [1.165, 1.54) is 0 Å². The largest absolute Gasteiger partial charge is 0.369 e. The molecule has 0 fully saturated rings. The van der Waals surface area contributed by atoms with Gasteiger partial charge in [0.25, 0.3) is 0 Å². The molecule has 172 valence electrons. The number of nitrogens with one attached hydrogen (secondary N) is 1. The number of allylic oxidation sites excluding steroid dienone is 4. The number of rotatable bonds is 13. The third-order valence-corrected chi connectivity index (χ3v) is 4.52. The molecule has 0 amide bonds. The van der Waals surface area contributed by atoms with Gasteiger partial charge >= 0.3 is 0 Å². The Labute approximate surface area is 189 Å². The van der Waals surface area contributed by atoms with E-state index in [1.807, 2.05) is 44.5 Å². The maximum atomic E-state index is 6.20. The second-order valence-electron chi connectivity index (χ2n) is 6.75. The second kappa shape index (κ2) is 18.2. The first kappa shape index (κ1) is 28.4. The van der Waals surface area contributed by atoms with Crippen LogP contribution in [0.25, 0.3) is 0 Å². The van der Waals surface area contributed by atoms with E-state index < -0.39 is 0 Å². The van der Waals surface area contributed by atoms with E-state index in [4.69, 9.17) is 16.7 Å². The van der Waals surface area contributed by atoms with E-state index >= 15 is 0 Å². The Morgan fingerprint density at radius 3 is 2.50 bits per heavy atom. The summed E-state index contributed by atoms with van der Waals surface area (Å²) in [5.74, 6) is 0.882. The Kier molecular flexibility index (Phi) is 17.2. The van der Waals surface area contributed by atoms with E-state index in [2.05, 4.69) is 54.2 Å². The molecule has 0 bridgehead atoms. The van der Waals surface area contributed by atoms with Gasteiger partial charge in [0, 0.05) is 18.5 Å². The number of alkyl halides is 1. The molecule has 1 aromatic heterocycles. The lowest BCUT2D eigenvalue weighted by molar-refractivity contribution is 0.303. The Hall–Kier alpha value is -1.59. The molecule has 1 rings (SSSR count). The van der Waals surface area contributed by atoms with Crippen molar-refractivity contribution in [3.05, 3.63) is 41.4 Å². The van der Waals surface area contributed by atoms with Crippen molar-refractivity contribution in [3.63, 3.8) is 0 Å². The molecule has 0 aliphatic carbocycles. The standard InChI is InChI=1S/C22H38ClN5.C2H6/c1-6-10-12-20(17-19(5)23)18-28-22(24-7-2)14-13-21(26-28)25-15-11-16-27(8-3)9-4;1-2/h10,12-14,17,19H,6-9,11,15-16,18H2,1-5H3,(H,25,26);1-2H3/b12-10-,20-17+,24-22?;. The molecule has 0 saturated carbocycles. The summed E-state index contributed by atoms with van der Waals surface area (Å²) in [6.07, 6.45) is 8.44. The zero-order valence-corrected chi connectivity index (χ0v) is 21.0. The summed E-state index contributed by atoms with van der Waals surface area (Å²) >= 11 is 6.20. The van der Waals surface area contributed by atoms with E-state index in [0.717, 1.165) is 62.4 Å². The van der Waals surface area contributed by atoms with E-state index in [0.29, 0.717) is 6.54 Å². The first-order valence-electron chi connectivity index (χ1n) is 11.6. The van der Waals surface area contributed by atoms with E-state index in [-0.39, 0.29) is 5.38 Å². The SMILES string of the molecule is CC.CC/C=C\C(=C/C(C)Cl)Cn1nc(NCCCN(CC)CC)ccc1=NCC. The lowest BCUT2D eigenvalue weighted by atomic mass is 10.2. The van der Waals surface area contributed by atoms with Crippen LogP contribution in [0.2, 0.25) is 0 Å². The minimum Gasteiger partial charge on any atom is -0.369 e. The average molecular weight is 438 g/mol. The van der Waals surface area contributed by atoms with Crippen molar-refractivity contribution in [2.45, 2.75) is 73.2 Å². The molecular formula is C24H44ClN5. The van der Waals surface area contributed by atoms with Crippen molar-refractivity contribution < 1.29 is 0 Å². The summed E-state index contributed by atoms with van der Waals surface area (Å²) in [5, 5.41) is 8.21. The number of hydrogen-bond donors (Lipinski definition) is 1. The van der Waals surface area contributed by atoms with E-state index in [9.17, 15) is 0 Å². The Balaban J connectivity index is 0.00000407. The third-order valence-electron chi connectivity index (χ3n) is 4.40. The van der Waals surface area contributed by atoms with Crippen LogP contribution in [0.4, 0.5) is 5.82 Å². The number of hydrogen-bond acceptors (Lipinski definition) is 4. The van der Waals surface area contributed by atoms with Gasteiger partial charge in [0.2, 0.25) is 0 Å². The number of aromatic nitrogens is 2. The Bertz CT molecular complexity index is 672. The van der Waals surface area contributed by atoms with Crippen LogP contribution in [0, 0.1) is 0 Å². The van der Waals surface area contributed by atoms with Crippen molar-refractivity contribution in [1.82, 2.24) is 14.7 Å². The monoisotopic (exact) mass is 437 g/mol. The molecular weight excluding hydrogens is 394 g/mol. The molecule has 0 radical (unpaired) electrons. The van der Waals surface area contributed by atoms with Gasteiger partial charge in [0.05, 0.1) is 6.54 Å². The van der Waals surface area contributed by atoms with Crippen molar-refractivity contribution in [3.8, 4) is 0 Å². The van der Waals surface area contributed by atoms with Crippen LogP contribution < -0.4 is 10.8 Å². The highest BCUT2D eigenvalue weighted by Gasteiger charge is 2.04. The Morgan fingerprint density at radius 2 is 1.93 bits per heavy atom. The molecule has 5 nitrogen and oxygen atoms in total. The van der Waals surface area contributed by atoms with Gasteiger partial charge in [-0.25, -0.2) is 4.68 Å². The molecule has 1 unspecified atom stereocenters. The molecule has 30 heavy (non-hydrogen) atoms. The molecule has 1 aromatic rings. The maximum absolute atomic E-state index is 6.20. The summed E-state index contributed by atoms with van der Waals surface area (Å²) in [6.45, 7) is 20.1. The van der Waals surface area contributed by atoms with Crippen molar-refractivity contribution in [1.29, 1.82) is 0 Å². The van der Waals surface area contributed by atoms with Gasteiger partial charge in [-0.15, -0.1) is 11.6 Å². The lowest BCUT2D eigenvalue weighted by Crippen LogP contribution is -2.27. The first-order chi connectivity index (χ1) is 14.5. The van der Waals surface area contributed by atoms with Crippen LogP contribution in [0.15, 0.2) is 40.9 Å². The summed E-state index contributed by atoms with van der Waals surface area (Å²) in [4.78, 5) is 7.02. The topological polar surface area (TPSA) is 45.5 Å². The third kappa shape index (κ3) is 12.2. The fraction of sp³-hybridized carbons (Fsp3) is 0.667. The van der Waals surface area contributed by atoms with Crippen LogP contribution >= 0.6 is 11.6 Å². The minimum atomic E-state index is -0.0231. The summed E-state index contributed by atoms with van der Waals surface area (Å²) in [7, 11) is 0. The lowest BCUT2D eigenvalue weighted by Gasteiger charge is -2.18. The fourth-order valence-electron chi connectivity index (χ4n) is 2.92. The second-order valence-corrected chi connectivity index (χ2v) is 7.43. The van der Waals surface area contributed by atoms with Gasteiger partial charge in [-0.1, -0.05) is 52.8 Å². The number of halogens is 1.